The maximum atomic E-state index is 6.32. The van der Waals surface area contributed by atoms with E-state index in [2.05, 4.69) is 55.1 Å². The fourth-order valence-corrected chi connectivity index (χ4v) is 3.51. The Bertz CT molecular complexity index is 628. The molecule has 1 aliphatic heterocycles. The number of halogens is 1. The molecule has 0 aromatic heterocycles. The van der Waals surface area contributed by atoms with Crippen LogP contribution in [0.4, 0.5) is 5.69 Å². The molecule has 1 N–H and O–H groups in total. The minimum Gasteiger partial charge on any atom is -0.359 e. The number of hydrogen-bond donors (Lipinski definition) is 1. The van der Waals surface area contributed by atoms with Crippen LogP contribution in [0.15, 0.2) is 48.5 Å². The molecule has 122 valence electrons. The summed E-state index contributed by atoms with van der Waals surface area (Å²) in [6.07, 6.45) is 0. The van der Waals surface area contributed by atoms with Gasteiger partial charge in [0, 0.05) is 5.56 Å². The third-order valence-corrected chi connectivity index (χ3v) is 5.08. The Balaban J connectivity index is 1.56. The van der Waals surface area contributed by atoms with Crippen LogP contribution in [0.5, 0.6) is 0 Å². The molecule has 1 saturated heterocycles. The number of quaternary nitrogens is 1. The Labute approximate surface area is 144 Å². The van der Waals surface area contributed by atoms with E-state index in [0.29, 0.717) is 5.92 Å². The summed E-state index contributed by atoms with van der Waals surface area (Å²) in [5.74, 6) is 0.607. The summed E-state index contributed by atoms with van der Waals surface area (Å²) in [7, 11) is 0. The molecule has 0 amide bonds. The van der Waals surface area contributed by atoms with Crippen molar-refractivity contribution in [2.45, 2.75) is 26.3 Å². The third-order valence-electron chi connectivity index (χ3n) is 4.76. The number of para-hydroxylation sites is 1. The molecule has 0 bridgehead atoms. The van der Waals surface area contributed by atoms with Crippen molar-refractivity contribution in [3.8, 4) is 0 Å². The standard InChI is InChI=1S/C20H25ClN2/c1-16(2)18-9-7-17(8-10-18)15-22-11-13-23(14-12-22)20-6-4-3-5-19(20)21/h3-10,16H,11-15H2,1-2H3/p+1. The van der Waals surface area contributed by atoms with E-state index in [9.17, 15) is 0 Å². The second kappa shape index (κ2) is 7.37. The Morgan fingerprint density at radius 3 is 2.26 bits per heavy atom. The molecule has 0 radical (unpaired) electrons. The highest BCUT2D eigenvalue weighted by molar-refractivity contribution is 6.33. The predicted molar refractivity (Wildman–Crippen MR) is 98.6 cm³/mol. The van der Waals surface area contributed by atoms with Crippen LogP contribution in [0.3, 0.4) is 0 Å². The van der Waals surface area contributed by atoms with E-state index in [0.717, 1.165) is 37.7 Å². The lowest BCUT2D eigenvalue weighted by Crippen LogP contribution is -3.13. The van der Waals surface area contributed by atoms with E-state index >= 15 is 0 Å². The van der Waals surface area contributed by atoms with Crippen LogP contribution in [0.1, 0.15) is 30.9 Å². The molecule has 0 unspecified atom stereocenters. The molecule has 1 fully saturated rings. The van der Waals surface area contributed by atoms with Crippen molar-refractivity contribution in [2.75, 3.05) is 31.1 Å². The smallest absolute Gasteiger partial charge is 0.103 e. The van der Waals surface area contributed by atoms with Crippen molar-refractivity contribution in [1.29, 1.82) is 0 Å². The summed E-state index contributed by atoms with van der Waals surface area (Å²) in [4.78, 5) is 4.07. The highest BCUT2D eigenvalue weighted by Crippen LogP contribution is 2.24. The van der Waals surface area contributed by atoms with Crippen LogP contribution in [-0.4, -0.2) is 26.2 Å². The van der Waals surface area contributed by atoms with Crippen molar-refractivity contribution in [1.82, 2.24) is 0 Å². The topological polar surface area (TPSA) is 7.68 Å². The molecule has 1 heterocycles. The zero-order valence-corrected chi connectivity index (χ0v) is 14.8. The number of nitrogens with zero attached hydrogens (tertiary/aromatic N) is 1. The first-order valence-electron chi connectivity index (χ1n) is 8.55. The molecule has 2 aromatic carbocycles. The quantitative estimate of drug-likeness (QED) is 0.903. The Kier molecular flexibility index (Phi) is 5.24. The minimum atomic E-state index is 0.607. The molecule has 0 spiro atoms. The van der Waals surface area contributed by atoms with Gasteiger partial charge in [0.25, 0.3) is 0 Å². The molecule has 0 saturated carbocycles. The molecule has 2 aromatic rings. The van der Waals surface area contributed by atoms with E-state index in [4.69, 9.17) is 11.6 Å². The van der Waals surface area contributed by atoms with Gasteiger partial charge < -0.3 is 9.80 Å². The zero-order chi connectivity index (χ0) is 16.2. The van der Waals surface area contributed by atoms with E-state index in [1.807, 2.05) is 12.1 Å². The van der Waals surface area contributed by atoms with Crippen molar-refractivity contribution >= 4 is 17.3 Å². The number of piperazine rings is 1. The van der Waals surface area contributed by atoms with E-state index in [-0.39, 0.29) is 0 Å². The third kappa shape index (κ3) is 4.07. The monoisotopic (exact) mass is 329 g/mol. The number of hydrogen-bond acceptors (Lipinski definition) is 1. The van der Waals surface area contributed by atoms with Gasteiger partial charge in [0.2, 0.25) is 0 Å². The maximum Gasteiger partial charge on any atom is 0.103 e. The minimum absolute atomic E-state index is 0.607. The SMILES string of the molecule is CC(C)c1ccc(C[NH+]2CCN(c3ccccc3Cl)CC2)cc1. The summed E-state index contributed by atoms with van der Waals surface area (Å²) in [6.45, 7) is 10.1. The number of rotatable bonds is 4. The van der Waals surface area contributed by atoms with Gasteiger partial charge in [0.05, 0.1) is 36.9 Å². The lowest BCUT2D eigenvalue weighted by Gasteiger charge is -2.34. The Morgan fingerprint density at radius 1 is 1.00 bits per heavy atom. The van der Waals surface area contributed by atoms with Crippen LogP contribution in [0, 0.1) is 0 Å². The fraction of sp³-hybridized carbons (Fsp3) is 0.400. The number of benzene rings is 2. The van der Waals surface area contributed by atoms with Gasteiger partial charge in [0.1, 0.15) is 6.54 Å². The second-order valence-corrected chi connectivity index (χ2v) is 7.17. The van der Waals surface area contributed by atoms with Gasteiger partial charge in [0.15, 0.2) is 0 Å². The van der Waals surface area contributed by atoms with Gasteiger partial charge in [-0.25, -0.2) is 0 Å². The van der Waals surface area contributed by atoms with E-state index in [1.165, 1.54) is 16.8 Å². The summed E-state index contributed by atoms with van der Waals surface area (Å²) < 4.78 is 0. The predicted octanol–water partition coefficient (Wildman–Crippen LogP) is 3.37. The van der Waals surface area contributed by atoms with Crippen LogP contribution < -0.4 is 9.80 Å². The number of nitrogens with one attached hydrogen (secondary N) is 1. The van der Waals surface area contributed by atoms with Gasteiger partial charge >= 0.3 is 0 Å². The molecule has 1 aliphatic rings. The highest BCUT2D eigenvalue weighted by atomic mass is 35.5. The van der Waals surface area contributed by atoms with Gasteiger partial charge in [-0.15, -0.1) is 0 Å². The average Bonchev–Trinajstić information content (AvgIpc) is 2.57. The van der Waals surface area contributed by atoms with Crippen LogP contribution in [0.2, 0.25) is 5.02 Å². The molecule has 2 nitrogen and oxygen atoms in total. The number of anilines is 1. The van der Waals surface area contributed by atoms with Gasteiger partial charge in [-0.2, -0.15) is 0 Å². The van der Waals surface area contributed by atoms with E-state index < -0.39 is 0 Å². The van der Waals surface area contributed by atoms with Gasteiger partial charge in [-0.3, -0.25) is 0 Å². The Hall–Kier alpha value is -1.51. The molecule has 0 aliphatic carbocycles. The first-order chi connectivity index (χ1) is 11.1. The largest absolute Gasteiger partial charge is 0.359 e. The van der Waals surface area contributed by atoms with Crippen LogP contribution >= 0.6 is 11.6 Å². The van der Waals surface area contributed by atoms with Crippen molar-refractivity contribution < 1.29 is 4.90 Å². The summed E-state index contributed by atoms with van der Waals surface area (Å²) in [6, 6.07) is 17.3. The summed E-state index contributed by atoms with van der Waals surface area (Å²) >= 11 is 6.32. The molecule has 3 rings (SSSR count). The van der Waals surface area contributed by atoms with E-state index in [1.54, 1.807) is 4.90 Å². The van der Waals surface area contributed by atoms with Gasteiger partial charge in [-0.05, 0) is 23.6 Å². The first-order valence-corrected chi connectivity index (χ1v) is 8.93. The summed E-state index contributed by atoms with van der Waals surface area (Å²) in [5, 5.41) is 0.861. The molecule has 23 heavy (non-hydrogen) atoms. The first kappa shape index (κ1) is 16.4. The van der Waals surface area contributed by atoms with Gasteiger partial charge in [-0.1, -0.05) is 61.8 Å². The summed E-state index contributed by atoms with van der Waals surface area (Å²) in [5.41, 5.74) is 4.04. The normalized spacial score (nSPS) is 16.1. The maximum absolute atomic E-state index is 6.32. The molecule has 0 atom stereocenters. The lowest BCUT2D eigenvalue weighted by molar-refractivity contribution is -0.914. The fourth-order valence-electron chi connectivity index (χ4n) is 3.26. The van der Waals surface area contributed by atoms with Crippen molar-refractivity contribution in [3.05, 3.63) is 64.7 Å². The van der Waals surface area contributed by atoms with Crippen molar-refractivity contribution in [3.63, 3.8) is 0 Å². The lowest BCUT2D eigenvalue weighted by atomic mass is 10.0. The highest BCUT2D eigenvalue weighted by Gasteiger charge is 2.21. The van der Waals surface area contributed by atoms with Crippen molar-refractivity contribution in [2.24, 2.45) is 0 Å². The zero-order valence-electron chi connectivity index (χ0n) is 14.1. The Morgan fingerprint density at radius 2 is 1.65 bits per heavy atom. The second-order valence-electron chi connectivity index (χ2n) is 6.76. The molecule has 3 heteroatoms. The van der Waals surface area contributed by atoms with Crippen LogP contribution in [-0.2, 0) is 6.54 Å². The average molecular weight is 330 g/mol. The van der Waals surface area contributed by atoms with Crippen LogP contribution in [0.25, 0.3) is 0 Å². The molecular weight excluding hydrogens is 304 g/mol. The molecular formula is C20H26ClN2+.